The molecule has 0 radical (unpaired) electrons. The number of benzene rings is 1. The molecule has 0 spiro atoms. The molecule has 2 aliphatic heterocycles. The summed E-state index contributed by atoms with van der Waals surface area (Å²) in [6.45, 7) is 1.86. The minimum atomic E-state index is -0.458. The van der Waals surface area contributed by atoms with Crippen molar-refractivity contribution in [2.45, 2.75) is 24.5 Å². The Hall–Kier alpha value is -1.24. The van der Waals surface area contributed by atoms with E-state index in [9.17, 15) is 9.59 Å². The van der Waals surface area contributed by atoms with Gasteiger partial charge < -0.3 is 10.2 Å². The van der Waals surface area contributed by atoms with E-state index in [1.807, 2.05) is 0 Å². The SMILES string of the molecule is O=C(C[C@@H]1SC(N2CCCC2)=NC1=O)Nc1cc(Cl)cc(Cl)c1. The summed E-state index contributed by atoms with van der Waals surface area (Å²) in [4.78, 5) is 30.3. The highest BCUT2D eigenvalue weighted by molar-refractivity contribution is 8.15. The van der Waals surface area contributed by atoms with Crippen molar-refractivity contribution >= 4 is 57.6 Å². The fourth-order valence-corrected chi connectivity index (χ4v) is 4.20. The molecular formula is C15H15Cl2N3O2S. The zero-order valence-electron chi connectivity index (χ0n) is 12.2. The molecule has 2 aliphatic rings. The third-order valence-corrected chi connectivity index (χ3v) is 5.27. The maximum Gasteiger partial charge on any atom is 0.262 e. The number of anilines is 1. The number of nitrogens with one attached hydrogen (secondary N) is 1. The average molecular weight is 372 g/mol. The van der Waals surface area contributed by atoms with Crippen molar-refractivity contribution in [2.75, 3.05) is 18.4 Å². The quantitative estimate of drug-likeness (QED) is 0.883. The molecule has 0 unspecified atom stereocenters. The van der Waals surface area contributed by atoms with Gasteiger partial charge in [-0.1, -0.05) is 35.0 Å². The predicted molar refractivity (Wildman–Crippen MR) is 94.3 cm³/mol. The third-order valence-electron chi connectivity index (χ3n) is 3.62. The summed E-state index contributed by atoms with van der Waals surface area (Å²) in [6, 6.07) is 4.81. The summed E-state index contributed by atoms with van der Waals surface area (Å²) in [5, 5.41) is 3.89. The number of rotatable bonds is 3. The van der Waals surface area contributed by atoms with Crippen molar-refractivity contribution in [3.05, 3.63) is 28.2 Å². The Bertz CT molecular complexity index is 654. The van der Waals surface area contributed by atoms with Crippen LogP contribution in [0, 0.1) is 0 Å². The van der Waals surface area contributed by atoms with Crippen LogP contribution in [0.25, 0.3) is 0 Å². The summed E-state index contributed by atoms with van der Waals surface area (Å²) in [5.74, 6) is -0.497. The zero-order valence-corrected chi connectivity index (χ0v) is 14.5. The van der Waals surface area contributed by atoms with E-state index in [4.69, 9.17) is 23.2 Å². The van der Waals surface area contributed by atoms with E-state index in [0.717, 1.165) is 31.1 Å². The number of hydrogen-bond acceptors (Lipinski definition) is 4. The fraction of sp³-hybridized carbons (Fsp3) is 0.400. The lowest BCUT2D eigenvalue weighted by Crippen LogP contribution is -2.25. The van der Waals surface area contributed by atoms with Gasteiger partial charge in [-0.3, -0.25) is 9.59 Å². The first-order valence-electron chi connectivity index (χ1n) is 7.31. The predicted octanol–water partition coefficient (Wildman–Crippen LogP) is 3.42. The summed E-state index contributed by atoms with van der Waals surface area (Å²) >= 11 is 13.2. The molecule has 0 aromatic heterocycles. The van der Waals surface area contributed by atoms with Gasteiger partial charge in [-0.2, -0.15) is 4.99 Å². The maximum atomic E-state index is 12.1. The number of carbonyl (C=O) groups excluding carboxylic acids is 2. The molecule has 8 heteroatoms. The van der Waals surface area contributed by atoms with Gasteiger partial charge in [0.05, 0.1) is 0 Å². The minimum absolute atomic E-state index is 0.0778. The Morgan fingerprint density at radius 2 is 1.91 bits per heavy atom. The number of thioether (sulfide) groups is 1. The van der Waals surface area contributed by atoms with E-state index >= 15 is 0 Å². The minimum Gasteiger partial charge on any atom is -0.351 e. The Labute approximate surface area is 148 Å². The lowest BCUT2D eigenvalue weighted by atomic mass is 10.2. The van der Waals surface area contributed by atoms with Crippen LogP contribution in [0.5, 0.6) is 0 Å². The largest absolute Gasteiger partial charge is 0.351 e. The molecule has 23 heavy (non-hydrogen) atoms. The maximum absolute atomic E-state index is 12.1. The lowest BCUT2D eigenvalue weighted by Gasteiger charge is -2.16. The summed E-state index contributed by atoms with van der Waals surface area (Å²) in [5.41, 5.74) is 0.517. The van der Waals surface area contributed by atoms with E-state index in [0.29, 0.717) is 15.7 Å². The highest BCUT2D eigenvalue weighted by Crippen LogP contribution is 2.29. The first-order valence-corrected chi connectivity index (χ1v) is 8.95. The van der Waals surface area contributed by atoms with Crippen LogP contribution >= 0.6 is 35.0 Å². The van der Waals surface area contributed by atoms with Crippen LogP contribution in [-0.4, -0.2) is 40.2 Å². The van der Waals surface area contributed by atoms with Crippen molar-refractivity contribution in [2.24, 2.45) is 4.99 Å². The van der Waals surface area contributed by atoms with E-state index in [1.165, 1.54) is 11.8 Å². The third kappa shape index (κ3) is 4.19. The molecule has 2 heterocycles. The van der Waals surface area contributed by atoms with E-state index in [2.05, 4.69) is 15.2 Å². The number of carbonyl (C=O) groups is 2. The normalized spacial score (nSPS) is 20.8. The number of nitrogens with zero attached hydrogens (tertiary/aromatic N) is 2. The molecular weight excluding hydrogens is 357 g/mol. The first-order chi connectivity index (χ1) is 11.0. The standard InChI is InChI=1S/C15H15Cl2N3O2S/c16-9-5-10(17)7-11(6-9)18-13(21)8-12-14(22)19-15(23-12)20-3-1-2-4-20/h5-7,12H,1-4,8H2,(H,18,21)/t12-/m0/s1. The van der Waals surface area contributed by atoms with Crippen molar-refractivity contribution in [1.82, 2.24) is 4.90 Å². The van der Waals surface area contributed by atoms with Crippen LogP contribution in [0.2, 0.25) is 10.0 Å². The summed E-state index contributed by atoms with van der Waals surface area (Å²) in [7, 11) is 0. The van der Waals surface area contributed by atoms with Crippen LogP contribution < -0.4 is 5.32 Å². The number of amides is 2. The van der Waals surface area contributed by atoms with Crippen molar-refractivity contribution < 1.29 is 9.59 Å². The van der Waals surface area contributed by atoms with Gasteiger partial charge in [-0.15, -0.1) is 0 Å². The molecule has 0 saturated carbocycles. The van der Waals surface area contributed by atoms with Crippen LogP contribution in [0.15, 0.2) is 23.2 Å². The number of aliphatic imine (C=N–C) groups is 1. The van der Waals surface area contributed by atoms with Crippen LogP contribution in [0.1, 0.15) is 19.3 Å². The molecule has 1 aromatic carbocycles. The van der Waals surface area contributed by atoms with Gasteiger partial charge in [0.2, 0.25) is 5.91 Å². The molecule has 1 atom stereocenters. The van der Waals surface area contributed by atoms with E-state index in [-0.39, 0.29) is 18.2 Å². The van der Waals surface area contributed by atoms with Gasteiger partial charge in [-0.05, 0) is 31.0 Å². The highest BCUT2D eigenvalue weighted by atomic mass is 35.5. The van der Waals surface area contributed by atoms with Gasteiger partial charge in [0.25, 0.3) is 5.91 Å². The van der Waals surface area contributed by atoms with Crippen molar-refractivity contribution in [3.8, 4) is 0 Å². The van der Waals surface area contributed by atoms with E-state index in [1.54, 1.807) is 18.2 Å². The lowest BCUT2D eigenvalue weighted by molar-refractivity contribution is -0.121. The van der Waals surface area contributed by atoms with Gasteiger partial charge in [0, 0.05) is 35.2 Å². The van der Waals surface area contributed by atoms with Gasteiger partial charge in [0.1, 0.15) is 5.25 Å². The smallest absolute Gasteiger partial charge is 0.262 e. The molecule has 3 rings (SSSR count). The molecule has 0 bridgehead atoms. The average Bonchev–Trinajstić information content (AvgIpc) is 3.08. The Kier molecular flexibility index (Phi) is 5.14. The fourth-order valence-electron chi connectivity index (χ4n) is 2.56. The summed E-state index contributed by atoms with van der Waals surface area (Å²) < 4.78 is 0. The van der Waals surface area contributed by atoms with Gasteiger partial charge in [-0.25, -0.2) is 0 Å². The second-order valence-corrected chi connectivity index (χ2v) is 7.49. The molecule has 122 valence electrons. The topological polar surface area (TPSA) is 61.8 Å². The van der Waals surface area contributed by atoms with Crippen LogP contribution in [0.4, 0.5) is 5.69 Å². The zero-order chi connectivity index (χ0) is 16.4. The summed E-state index contributed by atoms with van der Waals surface area (Å²) in [6.07, 6.45) is 2.32. The Morgan fingerprint density at radius 3 is 2.57 bits per heavy atom. The molecule has 0 aliphatic carbocycles. The highest BCUT2D eigenvalue weighted by Gasteiger charge is 2.33. The number of amidine groups is 1. The first kappa shape index (κ1) is 16.6. The Morgan fingerprint density at radius 1 is 1.26 bits per heavy atom. The molecule has 1 N–H and O–H groups in total. The number of halogens is 2. The molecule has 1 saturated heterocycles. The van der Waals surface area contributed by atoms with Crippen LogP contribution in [-0.2, 0) is 9.59 Å². The number of hydrogen-bond donors (Lipinski definition) is 1. The van der Waals surface area contributed by atoms with Crippen molar-refractivity contribution in [1.29, 1.82) is 0 Å². The molecule has 2 amide bonds. The van der Waals surface area contributed by atoms with Gasteiger partial charge in [0.15, 0.2) is 5.17 Å². The van der Waals surface area contributed by atoms with E-state index < -0.39 is 5.25 Å². The van der Waals surface area contributed by atoms with Crippen molar-refractivity contribution in [3.63, 3.8) is 0 Å². The molecule has 1 aromatic rings. The molecule has 5 nitrogen and oxygen atoms in total. The number of likely N-dealkylation sites (tertiary alicyclic amines) is 1. The molecule has 1 fully saturated rings. The monoisotopic (exact) mass is 371 g/mol. The Balaban J connectivity index is 1.57. The van der Waals surface area contributed by atoms with Gasteiger partial charge >= 0.3 is 0 Å². The second kappa shape index (κ2) is 7.11. The van der Waals surface area contributed by atoms with Crippen LogP contribution in [0.3, 0.4) is 0 Å². The second-order valence-electron chi connectivity index (χ2n) is 5.44.